The molecule has 1 aromatic heterocycles. The zero-order chi connectivity index (χ0) is 12.4. The van der Waals surface area contributed by atoms with Crippen molar-refractivity contribution in [2.75, 3.05) is 7.11 Å². The molecule has 92 valence electrons. The maximum absolute atomic E-state index is 10.8. The normalized spacial score (nSPS) is 22.9. The lowest BCUT2D eigenvalue weighted by molar-refractivity contribution is -0.386. The Morgan fingerprint density at radius 1 is 1.53 bits per heavy atom. The van der Waals surface area contributed by atoms with Crippen molar-refractivity contribution in [3.63, 3.8) is 0 Å². The Morgan fingerprint density at radius 3 is 2.82 bits per heavy atom. The van der Waals surface area contributed by atoms with Crippen molar-refractivity contribution in [3.8, 4) is 5.88 Å². The van der Waals surface area contributed by atoms with Crippen molar-refractivity contribution in [2.45, 2.75) is 25.0 Å². The van der Waals surface area contributed by atoms with E-state index < -0.39 is 4.92 Å². The summed E-state index contributed by atoms with van der Waals surface area (Å²) in [6.07, 6.45) is 2.87. The van der Waals surface area contributed by atoms with Crippen LogP contribution < -0.4 is 4.74 Å². The minimum absolute atomic E-state index is 0.0129. The van der Waals surface area contributed by atoms with Gasteiger partial charge in [-0.1, -0.05) is 11.6 Å². The van der Waals surface area contributed by atoms with E-state index in [9.17, 15) is 10.1 Å². The summed E-state index contributed by atoms with van der Waals surface area (Å²) in [6, 6.07) is 1.23. The Bertz CT molecular complexity index is 434. The van der Waals surface area contributed by atoms with Crippen LogP contribution in [0.5, 0.6) is 5.88 Å². The van der Waals surface area contributed by atoms with Gasteiger partial charge in [0, 0.05) is 26.0 Å². The largest absolute Gasteiger partial charge is 0.469 e. The van der Waals surface area contributed by atoms with Crippen molar-refractivity contribution in [1.82, 2.24) is 4.98 Å². The van der Waals surface area contributed by atoms with E-state index in [0.717, 1.165) is 12.8 Å². The van der Waals surface area contributed by atoms with Crippen molar-refractivity contribution in [1.29, 1.82) is 0 Å². The zero-order valence-electron chi connectivity index (χ0n) is 9.13. The molecule has 0 aliphatic heterocycles. The molecule has 0 atom stereocenters. The van der Waals surface area contributed by atoms with Gasteiger partial charge in [-0.05, 0) is 0 Å². The SMILES string of the molecule is COC1CC(Oc2ncc(Cl)cc2[N+](=O)[O-])C1. The first kappa shape index (κ1) is 12.1. The van der Waals surface area contributed by atoms with Crippen LogP contribution in [0.15, 0.2) is 12.3 Å². The predicted molar refractivity (Wildman–Crippen MR) is 60.3 cm³/mol. The van der Waals surface area contributed by atoms with E-state index >= 15 is 0 Å². The quantitative estimate of drug-likeness (QED) is 0.611. The molecule has 0 saturated heterocycles. The summed E-state index contributed by atoms with van der Waals surface area (Å²) in [5.74, 6) is 0.0129. The van der Waals surface area contributed by atoms with Crippen molar-refractivity contribution in [3.05, 3.63) is 27.4 Å². The van der Waals surface area contributed by atoms with E-state index in [1.54, 1.807) is 7.11 Å². The summed E-state index contributed by atoms with van der Waals surface area (Å²) in [5.41, 5.74) is -0.210. The standard InChI is InChI=1S/C10H11ClN2O4/c1-16-7-3-8(4-7)17-10-9(13(14)15)2-6(11)5-12-10/h2,5,7-8H,3-4H2,1H3. The number of nitro groups is 1. The minimum atomic E-state index is -0.555. The van der Waals surface area contributed by atoms with Crippen LogP contribution in [0.25, 0.3) is 0 Å². The monoisotopic (exact) mass is 258 g/mol. The van der Waals surface area contributed by atoms with Crippen LogP contribution in [0.3, 0.4) is 0 Å². The molecule has 0 amide bonds. The van der Waals surface area contributed by atoms with Gasteiger partial charge in [-0.3, -0.25) is 10.1 Å². The van der Waals surface area contributed by atoms with Crippen LogP contribution in [0.4, 0.5) is 5.69 Å². The Kier molecular flexibility index (Phi) is 3.44. The van der Waals surface area contributed by atoms with Gasteiger partial charge >= 0.3 is 5.69 Å². The molecule has 7 heteroatoms. The number of halogens is 1. The van der Waals surface area contributed by atoms with Crippen LogP contribution >= 0.6 is 11.6 Å². The summed E-state index contributed by atoms with van der Waals surface area (Å²) >= 11 is 5.65. The average Bonchev–Trinajstić information content (AvgIpc) is 2.24. The van der Waals surface area contributed by atoms with Gasteiger partial charge in [-0.2, -0.15) is 0 Å². The molecule has 17 heavy (non-hydrogen) atoms. The lowest BCUT2D eigenvalue weighted by Crippen LogP contribution is -2.39. The molecule has 1 fully saturated rings. The molecule has 1 aliphatic rings. The number of hydrogen-bond donors (Lipinski definition) is 0. The van der Waals surface area contributed by atoms with Crippen LogP contribution in [-0.2, 0) is 4.74 Å². The maximum atomic E-state index is 10.8. The third-order valence-corrected chi connectivity index (χ3v) is 2.87. The van der Waals surface area contributed by atoms with Crippen molar-refractivity contribution >= 4 is 17.3 Å². The Morgan fingerprint density at radius 2 is 2.24 bits per heavy atom. The molecule has 0 unspecified atom stereocenters. The average molecular weight is 259 g/mol. The van der Waals surface area contributed by atoms with Crippen molar-refractivity contribution < 1.29 is 14.4 Å². The van der Waals surface area contributed by atoms with Crippen LogP contribution in [0.1, 0.15) is 12.8 Å². The molecule has 1 aromatic rings. The van der Waals surface area contributed by atoms with Crippen LogP contribution in [0, 0.1) is 10.1 Å². The van der Waals surface area contributed by atoms with Crippen molar-refractivity contribution in [2.24, 2.45) is 0 Å². The molecular weight excluding hydrogens is 248 g/mol. The molecule has 0 bridgehead atoms. The first-order chi connectivity index (χ1) is 8.10. The number of ether oxygens (including phenoxy) is 2. The Hall–Kier alpha value is -1.40. The maximum Gasteiger partial charge on any atom is 0.332 e. The van der Waals surface area contributed by atoms with Gasteiger partial charge in [-0.15, -0.1) is 0 Å². The Labute approximate surface area is 103 Å². The fourth-order valence-electron chi connectivity index (χ4n) is 1.60. The fraction of sp³-hybridized carbons (Fsp3) is 0.500. The Balaban J connectivity index is 2.08. The smallest absolute Gasteiger partial charge is 0.332 e. The number of rotatable bonds is 4. The number of methoxy groups -OCH3 is 1. The summed E-state index contributed by atoms with van der Waals surface area (Å²) in [4.78, 5) is 14.1. The number of nitrogens with zero attached hydrogens (tertiary/aromatic N) is 2. The molecule has 0 spiro atoms. The molecule has 1 aliphatic carbocycles. The first-order valence-electron chi connectivity index (χ1n) is 5.09. The highest BCUT2D eigenvalue weighted by atomic mass is 35.5. The predicted octanol–water partition coefficient (Wildman–Crippen LogP) is 2.20. The van der Waals surface area contributed by atoms with E-state index in [4.69, 9.17) is 21.1 Å². The van der Waals surface area contributed by atoms with Gasteiger partial charge < -0.3 is 9.47 Å². The zero-order valence-corrected chi connectivity index (χ0v) is 9.88. The van der Waals surface area contributed by atoms with E-state index in [1.807, 2.05) is 0 Å². The fourth-order valence-corrected chi connectivity index (χ4v) is 1.75. The van der Waals surface area contributed by atoms with Gasteiger partial charge in [0.25, 0.3) is 5.88 Å². The second kappa shape index (κ2) is 4.85. The van der Waals surface area contributed by atoms with Gasteiger partial charge in [0.2, 0.25) is 0 Å². The van der Waals surface area contributed by atoms with E-state index in [-0.39, 0.29) is 28.8 Å². The number of pyridine rings is 1. The molecule has 0 aromatic carbocycles. The second-order valence-electron chi connectivity index (χ2n) is 3.80. The lowest BCUT2D eigenvalue weighted by Gasteiger charge is -2.33. The highest BCUT2D eigenvalue weighted by Gasteiger charge is 2.33. The minimum Gasteiger partial charge on any atom is -0.469 e. The summed E-state index contributed by atoms with van der Waals surface area (Å²) < 4.78 is 10.5. The third-order valence-electron chi connectivity index (χ3n) is 2.66. The highest BCUT2D eigenvalue weighted by Crippen LogP contribution is 2.32. The lowest BCUT2D eigenvalue weighted by atomic mass is 9.92. The van der Waals surface area contributed by atoms with E-state index in [0.29, 0.717) is 0 Å². The van der Waals surface area contributed by atoms with E-state index in [1.165, 1.54) is 12.3 Å². The topological polar surface area (TPSA) is 74.5 Å². The summed E-state index contributed by atoms with van der Waals surface area (Å²) in [6.45, 7) is 0. The molecule has 0 radical (unpaired) electrons. The first-order valence-corrected chi connectivity index (χ1v) is 5.47. The third kappa shape index (κ3) is 2.65. The second-order valence-corrected chi connectivity index (χ2v) is 4.24. The molecular formula is C10H11ClN2O4. The number of hydrogen-bond acceptors (Lipinski definition) is 5. The molecule has 1 heterocycles. The molecule has 0 N–H and O–H groups in total. The highest BCUT2D eigenvalue weighted by molar-refractivity contribution is 6.30. The van der Waals surface area contributed by atoms with E-state index in [2.05, 4.69) is 4.98 Å². The van der Waals surface area contributed by atoms with Gasteiger partial charge in [0.15, 0.2) is 0 Å². The van der Waals surface area contributed by atoms with Crippen LogP contribution in [0.2, 0.25) is 5.02 Å². The summed E-state index contributed by atoms with van der Waals surface area (Å²) in [5, 5.41) is 11.0. The molecule has 1 saturated carbocycles. The molecule has 6 nitrogen and oxygen atoms in total. The summed E-state index contributed by atoms with van der Waals surface area (Å²) in [7, 11) is 1.63. The van der Waals surface area contributed by atoms with Crippen LogP contribution in [-0.4, -0.2) is 29.2 Å². The molecule has 2 rings (SSSR count). The number of aromatic nitrogens is 1. The van der Waals surface area contributed by atoms with Gasteiger partial charge in [-0.25, -0.2) is 4.98 Å². The van der Waals surface area contributed by atoms with Gasteiger partial charge in [0.05, 0.1) is 22.2 Å². The van der Waals surface area contributed by atoms with Gasteiger partial charge in [0.1, 0.15) is 6.10 Å².